The molecular formula is C18H17NO2. The molecule has 2 amide bonds. The summed E-state index contributed by atoms with van der Waals surface area (Å²) in [6.45, 7) is 2.01. The molecule has 3 aliphatic carbocycles. The van der Waals surface area contributed by atoms with Crippen LogP contribution < -0.4 is 4.90 Å². The summed E-state index contributed by atoms with van der Waals surface area (Å²) in [6, 6.07) is 7.68. The molecule has 3 fully saturated rings. The normalized spacial score (nSPS) is 37.7. The molecule has 1 saturated heterocycles. The standard InChI is InChI=1S/C18H17NO2/c1-10-2-4-11(5-3-10)19-16(20)14-12-6-7-13(15(14)17(19)21)18(12)8-9-18/h2-7,12-15H,8-9H2,1H3/t12-,13-,14-,15-/m0/s1. The van der Waals surface area contributed by atoms with E-state index in [1.165, 1.54) is 17.7 Å². The van der Waals surface area contributed by atoms with Crippen molar-refractivity contribution in [3.8, 4) is 0 Å². The first-order valence-corrected chi connectivity index (χ1v) is 7.76. The second-order valence-electron chi connectivity index (χ2n) is 7.07. The van der Waals surface area contributed by atoms with Crippen LogP contribution in [0.2, 0.25) is 0 Å². The molecule has 4 aliphatic rings. The van der Waals surface area contributed by atoms with E-state index in [9.17, 15) is 9.59 Å². The lowest BCUT2D eigenvalue weighted by Gasteiger charge is -2.21. The van der Waals surface area contributed by atoms with Crippen molar-refractivity contribution in [1.82, 2.24) is 0 Å². The SMILES string of the molecule is Cc1ccc(N2C(=O)[C@@H]3[C@@H](C2=O)[C@@H]2C=C[C@@H]3C23CC3)cc1. The smallest absolute Gasteiger partial charge is 0.238 e. The number of carbonyl (C=O) groups excluding carboxylic acids is 2. The fourth-order valence-electron chi connectivity index (χ4n) is 5.03. The molecule has 1 aromatic rings. The predicted molar refractivity (Wildman–Crippen MR) is 78.4 cm³/mol. The van der Waals surface area contributed by atoms with E-state index < -0.39 is 0 Å². The number of imide groups is 1. The molecule has 1 aromatic carbocycles. The first-order valence-electron chi connectivity index (χ1n) is 7.76. The maximum atomic E-state index is 12.9. The van der Waals surface area contributed by atoms with Crippen LogP contribution in [0.25, 0.3) is 0 Å². The average molecular weight is 279 g/mol. The van der Waals surface area contributed by atoms with Gasteiger partial charge in [-0.05, 0) is 49.1 Å². The van der Waals surface area contributed by atoms with E-state index in [0.29, 0.717) is 11.8 Å². The quantitative estimate of drug-likeness (QED) is 0.585. The number of amides is 2. The van der Waals surface area contributed by atoms with Crippen LogP contribution in [-0.2, 0) is 9.59 Å². The van der Waals surface area contributed by atoms with Crippen LogP contribution in [0.5, 0.6) is 0 Å². The van der Waals surface area contributed by atoms with Gasteiger partial charge in [0.15, 0.2) is 0 Å². The minimum atomic E-state index is -0.101. The number of hydrogen-bond acceptors (Lipinski definition) is 2. The third-order valence-corrected chi connectivity index (χ3v) is 6.14. The van der Waals surface area contributed by atoms with Crippen LogP contribution in [0.4, 0.5) is 5.69 Å². The molecule has 2 bridgehead atoms. The van der Waals surface area contributed by atoms with E-state index >= 15 is 0 Å². The molecule has 4 atom stereocenters. The molecule has 1 heterocycles. The molecule has 3 heteroatoms. The predicted octanol–water partition coefficient (Wildman–Crippen LogP) is 2.70. The Labute approximate surface area is 123 Å². The Morgan fingerprint density at radius 1 is 0.952 bits per heavy atom. The average Bonchev–Trinajstić information content (AvgIpc) is 3.07. The van der Waals surface area contributed by atoms with Crippen molar-refractivity contribution < 1.29 is 9.59 Å². The zero-order chi connectivity index (χ0) is 14.4. The van der Waals surface area contributed by atoms with Gasteiger partial charge >= 0.3 is 0 Å². The summed E-state index contributed by atoms with van der Waals surface area (Å²) < 4.78 is 0. The maximum Gasteiger partial charge on any atom is 0.238 e. The Kier molecular flexibility index (Phi) is 1.93. The Hall–Kier alpha value is -1.90. The number of anilines is 1. The number of benzene rings is 1. The van der Waals surface area contributed by atoms with Crippen molar-refractivity contribution in [3.05, 3.63) is 42.0 Å². The second-order valence-corrected chi connectivity index (χ2v) is 7.07. The largest absolute Gasteiger partial charge is 0.274 e. The van der Waals surface area contributed by atoms with Gasteiger partial charge in [0, 0.05) is 0 Å². The highest BCUT2D eigenvalue weighted by Gasteiger charge is 2.73. The van der Waals surface area contributed by atoms with Crippen molar-refractivity contribution >= 4 is 17.5 Å². The van der Waals surface area contributed by atoms with Crippen LogP contribution in [0, 0.1) is 36.0 Å². The highest BCUT2D eigenvalue weighted by Crippen LogP contribution is 2.73. The fraction of sp³-hybridized carbons (Fsp3) is 0.444. The lowest BCUT2D eigenvalue weighted by atomic mass is 9.85. The molecule has 1 spiro atoms. The van der Waals surface area contributed by atoms with Crippen LogP contribution in [0.15, 0.2) is 36.4 Å². The van der Waals surface area contributed by atoms with Gasteiger partial charge in [0.1, 0.15) is 0 Å². The lowest BCUT2D eigenvalue weighted by Crippen LogP contribution is -2.34. The Bertz CT molecular complexity index is 664. The Morgan fingerprint density at radius 2 is 1.48 bits per heavy atom. The molecule has 2 saturated carbocycles. The zero-order valence-electron chi connectivity index (χ0n) is 12.0. The summed E-state index contributed by atoms with van der Waals surface area (Å²) in [5.41, 5.74) is 2.14. The number of aryl methyl sites for hydroxylation is 1. The van der Waals surface area contributed by atoms with Crippen LogP contribution in [0.3, 0.4) is 0 Å². The van der Waals surface area contributed by atoms with E-state index in [2.05, 4.69) is 12.2 Å². The molecule has 0 radical (unpaired) electrons. The molecule has 106 valence electrons. The van der Waals surface area contributed by atoms with Crippen LogP contribution in [0.1, 0.15) is 18.4 Å². The van der Waals surface area contributed by atoms with E-state index in [1.807, 2.05) is 31.2 Å². The Balaban J connectivity index is 1.57. The van der Waals surface area contributed by atoms with Crippen molar-refractivity contribution in [2.75, 3.05) is 4.90 Å². The zero-order valence-corrected chi connectivity index (χ0v) is 12.0. The summed E-state index contributed by atoms with van der Waals surface area (Å²) in [5, 5.41) is 0. The molecule has 0 aromatic heterocycles. The van der Waals surface area contributed by atoms with E-state index in [0.717, 1.165) is 11.3 Å². The number of hydrogen-bond donors (Lipinski definition) is 0. The summed E-state index contributed by atoms with van der Waals surface area (Å²) in [5.74, 6) is 0.459. The van der Waals surface area contributed by atoms with Gasteiger partial charge in [0.25, 0.3) is 0 Å². The summed E-state index contributed by atoms with van der Waals surface area (Å²) in [7, 11) is 0. The van der Waals surface area contributed by atoms with Gasteiger partial charge < -0.3 is 0 Å². The topological polar surface area (TPSA) is 37.4 Å². The highest BCUT2D eigenvalue weighted by molar-refractivity contribution is 6.23. The summed E-state index contributed by atoms with van der Waals surface area (Å²) >= 11 is 0. The second kappa shape index (κ2) is 3.46. The van der Waals surface area contributed by atoms with Crippen LogP contribution >= 0.6 is 0 Å². The number of nitrogens with zero attached hydrogens (tertiary/aromatic N) is 1. The third-order valence-electron chi connectivity index (χ3n) is 6.14. The number of carbonyl (C=O) groups is 2. The minimum absolute atomic E-state index is 0.0250. The van der Waals surface area contributed by atoms with Gasteiger partial charge in [-0.15, -0.1) is 0 Å². The molecule has 0 N–H and O–H groups in total. The molecule has 5 rings (SSSR count). The third kappa shape index (κ3) is 1.22. The minimum Gasteiger partial charge on any atom is -0.274 e. The van der Waals surface area contributed by atoms with Gasteiger partial charge in [-0.2, -0.15) is 0 Å². The van der Waals surface area contributed by atoms with Crippen molar-refractivity contribution in [2.45, 2.75) is 19.8 Å². The van der Waals surface area contributed by atoms with Crippen molar-refractivity contribution in [2.24, 2.45) is 29.1 Å². The van der Waals surface area contributed by atoms with E-state index in [4.69, 9.17) is 0 Å². The molecule has 0 unspecified atom stereocenters. The van der Waals surface area contributed by atoms with E-state index in [-0.39, 0.29) is 29.1 Å². The summed E-state index contributed by atoms with van der Waals surface area (Å²) in [4.78, 5) is 27.2. The number of allylic oxidation sites excluding steroid dienone is 2. The van der Waals surface area contributed by atoms with Crippen molar-refractivity contribution in [1.29, 1.82) is 0 Å². The van der Waals surface area contributed by atoms with Gasteiger partial charge in [0.2, 0.25) is 11.8 Å². The van der Waals surface area contributed by atoms with Crippen molar-refractivity contribution in [3.63, 3.8) is 0 Å². The van der Waals surface area contributed by atoms with Gasteiger partial charge in [0.05, 0.1) is 17.5 Å². The maximum absolute atomic E-state index is 12.9. The first-order chi connectivity index (χ1) is 10.1. The van der Waals surface area contributed by atoms with Crippen LogP contribution in [-0.4, -0.2) is 11.8 Å². The molecular weight excluding hydrogens is 262 g/mol. The monoisotopic (exact) mass is 279 g/mol. The van der Waals surface area contributed by atoms with E-state index in [1.54, 1.807) is 0 Å². The van der Waals surface area contributed by atoms with Gasteiger partial charge in [-0.3, -0.25) is 14.5 Å². The summed E-state index contributed by atoms with van der Waals surface area (Å²) in [6.07, 6.45) is 6.80. The molecule has 21 heavy (non-hydrogen) atoms. The lowest BCUT2D eigenvalue weighted by molar-refractivity contribution is -0.123. The fourth-order valence-corrected chi connectivity index (χ4v) is 5.03. The van der Waals surface area contributed by atoms with Gasteiger partial charge in [-0.1, -0.05) is 29.8 Å². The number of fused-ring (bicyclic) bond motifs is 3. The first kappa shape index (κ1) is 11.7. The number of rotatable bonds is 1. The van der Waals surface area contributed by atoms with Gasteiger partial charge in [-0.25, -0.2) is 0 Å². The highest BCUT2D eigenvalue weighted by atomic mass is 16.2. The Morgan fingerprint density at radius 3 is 1.95 bits per heavy atom. The molecule has 3 nitrogen and oxygen atoms in total. The molecule has 1 aliphatic heterocycles.